The third-order valence-corrected chi connectivity index (χ3v) is 6.84. The van der Waals surface area contributed by atoms with E-state index in [0.29, 0.717) is 29.5 Å². The molecule has 8 heteroatoms. The number of nitrogens with zero attached hydrogens (tertiary/aromatic N) is 5. The van der Waals surface area contributed by atoms with Crippen molar-refractivity contribution < 1.29 is 0 Å². The van der Waals surface area contributed by atoms with E-state index in [1.807, 2.05) is 72.3 Å². The van der Waals surface area contributed by atoms with Gasteiger partial charge in [0, 0.05) is 29.2 Å². The van der Waals surface area contributed by atoms with Gasteiger partial charge >= 0.3 is 0 Å². The van der Waals surface area contributed by atoms with Gasteiger partial charge in [-0.3, -0.25) is 9.69 Å². The zero-order chi connectivity index (χ0) is 26.9. The lowest BCUT2D eigenvalue weighted by atomic mass is 9.99. The zero-order valence-corrected chi connectivity index (χ0v) is 22.8. The van der Waals surface area contributed by atoms with E-state index >= 15 is 0 Å². The molecule has 2 aromatic heterocycles. The molecule has 0 spiro atoms. The first kappa shape index (κ1) is 25.8. The van der Waals surface area contributed by atoms with Gasteiger partial charge in [0.1, 0.15) is 6.04 Å². The molecule has 0 fully saturated rings. The second-order valence-electron chi connectivity index (χ2n) is 10.7. The normalized spacial score (nSPS) is 12.8. The fourth-order valence-corrected chi connectivity index (χ4v) is 4.89. The van der Waals surface area contributed by atoms with Crippen LogP contribution in [0.3, 0.4) is 0 Å². The maximum absolute atomic E-state index is 13.7. The minimum absolute atomic E-state index is 0.163. The smallest absolute Gasteiger partial charge is 0.253 e. The molecule has 0 aliphatic carbocycles. The lowest BCUT2D eigenvalue weighted by molar-refractivity contribution is 0.184. The summed E-state index contributed by atoms with van der Waals surface area (Å²) < 4.78 is 1.82. The van der Waals surface area contributed by atoms with Gasteiger partial charge < -0.3 is 4.98 Å². The Morgan fingerprint density at radius 2 is 1.63 bits per heavy atom. The maximum atomic E-state index is 13.7. The van der Waals surface area contributed by atoms with Crippen molar-refractivity contribution in [2.45, 2.75) is 52.4 Å². The van der Waals surface area contributed by atoms with E-state index < -0.39 is 11.6 Å². The highest BCUT2D eigenvalue weighted by atomic mass is 35.5. The second kappa shape index (κ2) is 10.5. The molecular formula is C30H31ClN6O. The van der Waals surface area contributed by atoms with E-state index in [-0.39, 0.29) is 5.56 Å². The van der Waals surface area contributed by atoms with Gasteiger partial charge in [-0.2, -0.15) is 0 Å². The van der Waals surface area contributed by atoms with Crippen molar-refractivity contribution in [2.24, 2.45) is 0 Å². The predicted octanol–water partition coefficient (Wildman–Crippen LogP) is 6.02. The van der Waals surface area contributed by atoms with E-state index in [4.69, 9.17) is 11.6 Å². The number of H-pyrrole nitrogens is 1. The van der Waals surface area contributed by atoms with Crippen LogP contribution in [0.25, 0.3) is 10.9 Å². The first-order valence-electron chi connectivity index (χ1n) is 12.6. The van der Waals surface area contributed by atoms with Crippen LogP contribution in [0.5, 0.6) is 0 Å². The summed E-state index contributed by atoms with van der Waals surface area (Å²) in [6.07, 6.45) is 0. The Balaban J connectivity index is 1.73. The molecule has 0 saturated carbocycles. The Morgan fingerprint density at radius 3 is 2.32 bits per heavy atom. The molecule has 0 amide bonds. The van der Waals surface area contributed by atoms with Crippen molar-refractivity contribution in [1.82, 2.24) is 30.1 Å². The summed E-state index contributed by atoms with van der Waals surface area (Å²) in [6.45, 7) is 9.34. The number of aromatic nitrogens is 5. The Kier molecular flexibility index (Phi) is 7.15. The van der Waals surface area contributed by atoms with E-state index in [9.17, 15) is 4.79 Å². The molecule has 3 aromatic carbocycles. The van der Waals surface area contributed by atoms with Crippen LogP contribution in [0, 0.1) is 6.92 Å². The number of hydrogen-bond donors (Lipinski definition) is 1. The molecule has 0 aliphatic heterocycles. The van der Waals surface area contributed by atoms with Gasteiger partial charge in [0.15, 0.2) is 5.82 Å². The van der Waals surface area contributed by atoms with Gasteiger partial charge in [0.25, 0.3) is 5.56 Å². The fraction of sp³-hybridized carbons (Fsp3) is 0.267. The van der Waals surface area contributed by atoms with E-state index in [2.05, 4.69) is 64.4 Å². The molecule has 1 atom stereocenters. The van der Waals surface area contributed by atoms with E-state index in [1.165, 1.54) is 0 Å². The van der Waals surface area contributed by atoms with Crippen molar-refractivity contribution in [2.75, 3.05) is 0 Å². The number of fused-ring (bicyclic) bond motifs is 1. The zero-order valence-electron chi connectivity index (χ0n) is 22.0. The van der Waals surface area contributed by atoms with Gasteiger partial charge in [-0.15, -0.1) is 5.10 Å². The number of tetrazole rings is 1. The van der Waals surface area contributed by atoms with Crippen LogP contribution in [0.2, 0.25) is 5.02 Å². The lowest BCUT2D eigenvalue weighted by Crippen LogP contribution is -2.37. The van der Waals surface area contributed by atoms with Crippen molar-refractivity contribution in [3.05, 3.63) is 122 Å². The van der Waals surface area contributed by atoms with Crippen LogP contribution in [0.1, 0.15) is 54.9 Å². The van der Waals surface area contributed by atoms with Crippen LogP contribution >= 0.6 is 11.6 Å². The molecule has 5 rings (SSSR count). The maximum Gasteiger partial charge on any atom is 0.253 e. The topological polar surface area (TPSA) is 79.7 Å². The number of pyridine rings is 1. The summed E-state index contributed by atoms with van der Waals surface area (Å²) in [5.41, 5.74) is 4.14. The van der Waals surface area contributed by atoms with Crippen molar-refractivity contribution in [3.8, 4) is 0 Å². The number of aromatic amines is 1. The van der Waals surface area contributed by atoms with Gasteiger partial charge in [0.05, 0.1) is 5.54 Å². The third kappa shape index (κ3) is 5.54. The highest BCUT2D eigenvalue weighted by Crippen LogP contribution is 2.32. The molecule has 0 bridgehead atoms. The Bertz CT molecular complexity index is 1600. The summed E-state index contributed by atoms with van der Waals surface area (Å²) in [4.78, 5) is 19.0. The number of nitrogens with one attached hydrogen (secondary N) is 1. The number of rotatable bonds is 7. The van der Waals surface area contributed by atoms with Crippen molar-refractivity contribution in [3.63, 3.8) is 0 Å². The average molecular weight is 527 g/mol. The van der Waals surface area contributed by atoms with Gasteiger partial charge in [0.2, 0.25) is 0 Å². The molecule has 0 aliphatic rings. The monoisotopic (exact) mass is 526 g/mol. The van der Waals surface area contributed by atoms with Crippen LogP contribution in [-0.4, -0.2) is 30.1 Å². The first-order chi connectivity index (χ1) is 18.2. The lowest BCUT2D eigenvalue weighted by Gasteiger charge is -2.33. The first-order valence-corrected chi connectivity index (χ1v) is 13.0. The largest absolute Gasteiger partial charge is 0.322 e. The number of halogens is 1. The highest BCUT2D eigenvalue weighted by Gasteiger charge is 2.33. The number of aryl methyl sites for hydroxylation is 1. The molecule has 7 nitrogen and oxygen atoms in total. The van der Waals surface area contributed by atoms with Gasteiger partial charge in [-0.1, -0.05) is 65.7 Å². The minimum atomic E-state index is -0.520. The van der Waals surface area contributed by atoms with Crippen LogP contribution in [0.4, 0.5) is 0 Å². The Morgan fingerprint density at radius 1 is 0.947 bits per heavy atom. The quantitative estimate of drug-likeness (QED) is 0.280. The summed E-state index contributed by atoms with van der Waals surface area (Å²) in [6, 6.07) is 25.5. The minimum Gasteiger partial charge on any atom is -0.322 e. The summed E-state index contributed by atoms with van der Waals surface area (Å²) in [7, 11) is 0. The highest BCUT2D eigenvalue weighted by molar-refractivity contribution is 6.30. The van der Waals surface area contributed by atoms with E-state index in [1.54, 1.807) is 0 Å². The van der Waals surface area contributed by atoms with Gasteiger partial charge in [-0.25, -0.2) is 4.68 Å². The van der Waals surface area contributed by atoms with Crippen LogP contribution < -0.4 is 5.56 Å². The second-order valence-corrected chi connectivity index (χ2v) is 11.1. The summed E-state index contributed by atoms with van der Waals surface area (Å²) in [5.74, 6) is 0.611. The van der Waals surface area contributed by atoms with Crippen LogP contribution in [-0.2, 0) is 18.6 Å². The molecule has 5 aromatic rings. The number of hydrogen-bond acceptors (Lipinski definition) is 5. The van der Waals surface area contributed by atoms with Crippen LogP contribution in [0.15, 0.2) is 83.7 Å². The summed E-state index contributed by atoms with van der Waals surface area (Å²) >= 11 is 6.19. The summed E-state index contributed by atoms with van der Waals surface area (Å²) in [5, 5.41) is 14.5. The predicted molar refractivity (Wildman–Crippen MR) is 151 cm³/mol. The molecule has 38 heavy (non-hydrogen) atoms. The van der Waals surface area contributed by atoms with Gasteiger partial charge in [-0.05, 0) is 85.0 Å². The molecular weight excluding hydrogens is 496 g/mol. The van der Waals surface area contributed by atoms with Crippen molar-refractivity contribution in [1.29, 1.82) is 0 Å². The average Bonchev–Trinajstić information content (AvgIpc) is 3.37. The molecule has 0 saturated heterocycles. The Labute approximate surface area is 227 Å². The number of benzene rings is 3. The molecule has 0 radical (unpaired) electrons. The standard InChI is InChI=1S/C30H31ClN6O/c1-20-10-15-26-23(16-20)17-25(29(38)32-26)27(28-33-34-35-37(28)30(2,3)4)36(18-21-8-6-5-7-9-21)19-22-11-13-24(31)14-12-22/h5-17,27H,18-19H2,1-4H3,(H,32,38). The fourth-order valence-electron chi connectivity index (χ4n) is 4.77. The molecule has 194 valence electrons. The van der Waals surface area contributed by atoms with E-state index in [0.717, 1.165) is 27.6 Å². The Hall–Kier alpha value is -3.81. The third-order valence-electron chi connectivity index (χ3n) is 6.59. The molecule has 2 heterocycles. The molecule has 1 unspecified atom stereocenters. The van der Waals surface area contributed by atoms with Crippen molar-refractivity contribution >= 4 is 22.5 Å². The SMILES string of the molecule is Cc1ccc2[nH]c(=O)c(C(c3nnnn3C(C)(C)C)N(Cc3ccccc3)Cc3ccc(Cl)cc3)cc2c1. The molecule has 1 N–H and O–H groups in total.